The van der Waals surface area contributed by atoms with Crippen molar-refractivity contribution in [1.29, 1.82) is 0 Å². The van der Waals surface area contributed by atoms with Gasteiger partial charge in [0.25, 0.3) is 0 Å². The lowest BCUT2D eigenvalue weighted by Crippen LogP contribution is -2.44. The second-order valence-electron chi connectivity index (χ2n) is 2.82. The maximum atomic E-state index is 10.6. The first-order valence-corrected chi connectivity index (χ1v) is 3.77. The van der Waals surface area contributed by atoms with Gasteiger partial charge in [0.1, 0.15) is 12.3 Å². The standard InChI is InChI=1S/C7H9NO5/c9-3-4-1-2-5(6(10)11)8(4)7(12)13/h3-5H,1-2H2,(H,10,11)(H,12,13). The largest absolute Gasteiger partial charge is 0.480 e. The van der Waals surface area contributed by atoms with Crippen molar-refractivity contribution in [2.24, 2.45) is 0 Å². The Kier molecular flexibility index (Phi) is 2.50. The maximum Gasteiger partial charge on any atom is 0.408 e. The van der Waals surface area contributed by atoms with Crippen LogP contribution in [0.3, 0.4) is 0 Å². The van der Waals surface area contributed by atoms with Gasteiger partial charge >= 0.3 is 12.1 Å². The number of aldehydes is 1. The second kappa shape index (κ2) is 3.42. The van der Waals surface area contributed by atoms with E-state index in [0.29, 0.717) is 11.2 Å². The van der Waals surface area contributed by atoms with Gasteiger partial charge in [-0.2, -0.15) is 0 Å². The van der Waals surface area contributed by atoms with E-state index in [1.807, 2.05) is 0 Å². The monoisotopic (exact) mass is 187 g/mol. The number of nitrogens with zero attached hydrogens (tertiary/aromatic N) is 1. The van der Waals surface area contributed by atoms with E-state index in [0.717, 1.165) is 0 Å². The fraction of sp³-hybridized carbons (Fsp3) is 0.571. The number of rotatable bonds is 2. The van der Waals surface area contributed by atoms with Crippen LogP contribution in [0.5, 0.6) is 0 Å². The van der Waals surface area contributed by atoms with Crippen molar-refractivity contribution in [3.05, 3.63) is 0 Å². The Balaban J connectivity index is 2.84. The molecule has 2 unspecified atom stereocenters. The maximum absolute atomic E-state index is 10.6. The summed E-state index contributed by atoms with van der Waals surface area (Å²) in [6.07, 6.45) is -0.406. The van der Waals surface area contributed by atoms with E-state index in [4.69, 9.17) is 10.2 Å². The first kappa shape index (κ1) is 9.50. The molecule has 6 heteroatoms. The van der Waals surface area contributed by atoms with Crippen LogP contribution < -0.4 is 0 Å². The summed E-state index contributed by atoms with van der Waals surface area (Å²) < 4.78 is 0. The fourth-order valence-corrected chi connectivity index (χ4v) is 1.49. The molecule has 0 saturated carbocycles. The number of carbonyl (C=O) groups is 3. The Morgan fingerprint density at radius 1 is 1.31 bits per heavy atom. The fourth-order valence-electron chi connectivity index (χ4n) is 1.49. The van der Waals surface area contributed by atoms with Gasteiger partial charge in [-0.3, -0.25) is 4.90 Å². The van der Waals surface area contributed by atoms with Crippen molar-refractivity contribution in [3.8, 4) is 0 Å². The minimum Gasteiger partial charge on any atom is -0.480 e. The molecule has 6 nitrogen and oxygen atoms in total. The lowest BCUT2D eigenvalue weighted by molar-refractivity contribution is -0.142. The van der Waals surface area contributed by atoms with E-state index < -0.39 is 24.1 Å². The predicted molar refractivity (Wildman–Crippen MR) is 40.4 cm³/mol. The van der Waals surface area contributed by atoms with Crippen LogP contribution in [0.15, 0.2) is 0 Å². The highest BCUT2D eigenvalue weighted by molar-refractivity contribution is 5.83. The van der Waals surface area contributed by atoms with Crippen molar-refractivity contribution in [2.75, 3.05) is 0 Å². The molecule has 0 aromatic carbocycles. The van der Waals surface area contributed by atoms with Crippen molar-refractivity contribution in [1.82, 2.24) is 4.90 Å². The number of hydrogen-bond acceptors (Lipinski definition) is 3. The molecule has 1 amide bonds. The van der Waals surface area contributed by atoms with Crippen LogP contribution in [-0.4, -0.2) is 45.5 Å². The van der Waals surface area contributed by atoms with Gasteiger partial charge in [0.15, 0.2) is 0 Å². The number of hydrogen-bond donors (Lipinski definition) is 2. The Morgan fingerprint density at radius 3 is 2.31 bits per heavy atom. The summed E-state index contributed by atoms with van der Waals surface area (Å²) in [6, 6.07) is -1.88. The lowest BCUT2D eigenvalue weighted by Gasteiger charge is -2.20. The summed E-state index contributed by atoms with van der Waals surface area (Å²) in [5.74, 6) is -1.20. The lowest BCUT2D eigenvalue weighted by atomic mass is 10.2. The van der Waals surface area contributed by atoms with Crippen molar-refractivity contribution in [3.63, 3.8) is 0 Å². The molecule has 1 rings (SSSR count). The molecule has 0 aromatic heterocycles. The smallest absolute Gasteiger partial charge is 0.408 e. The third kappa shape index (κ3) is 1.61. The van der Waals surface area contributed by atoms with Gasteiger partial charge in [0.05, 0.1) is 6.04 Å². The van der Waals surface area contributed by atoms with E-state index in [-0.39, 0.29) is 12.8 Å². The summed E-state index contributed by atoms with van der Waals surface area (Å²) in [4.78, 5) is 32.2. The first-order valence-electron chi connectivity index (χ1n) is 3.77. The highest BCUT2D eigenvalue weighted by Crippen LogP contribution is 2.22. The molecular formula is C7H9NO5. The molecule has 0 radical (unpaired) electrons. The molecule has 0 aromatic rings. The van der Waals surface area contributed by atoms with Crippen LogP contribution in [0.1, 0.15) is 12.8 Å². The molecule has 2 N–H and O–H groups in total. The number of aliphatic carboxylic acids is 1. The molecule has 72 valence electrons. The third-order valence-electron chi connectivity index (χ3n) is 2.09. The normalized spacial score (nSPS) is 27.2. The van der Waals surface area contributed by atoms with Crippen LogP contribution in [0.2, 0.25) is 0 Å². The van der Waals surface area contributed by atoms with E-state index in [1.165, 1.54) is 0 Å². The number of carboxylic acids is 1. The summed E-state index contributed by atoms with van der Waals surface area (Å²) in [6.45, 7) is 0. The van der Waals surface area contributed by atoms with E-state index in [2.05, 4.69) is 0 Å². The molecule has 1 saturated heterocycles. The van der Waals surface area contributed by atoms with Crippen LogP contribution in [0.4, 0.5) is 4.79 Å². The summed E-state index contributed by atoms with van der Waals surface area (Å²) in [5.41, 5.74) is 0. The van der Waals surface area contributed by atoms with Crippen molar-refractivity contribution >= 4 is 18.3 Å². The van der Waals surface area contributed by atoms with Crippen LogP contribution in [0.25, 0.3) is 0 Å². The molecular weight excluding hydrogens is 178 g/mol. The summed E-state index contributed by atoms with van der Waals surface area (Å²) in [7, 11) is 0. The molecule has 1 aliphatic heterocycles. The quantitative estimate of drug-likeness (QED) is 0.583. The molecule has 1 fully saturated rings. The van der Waals surface area contributed by atoms with Crippen molar-refractivity contribution < 1.29 is 24.6 Å². The molecule has 0 spiro atoms. The number of carbonyl (C=O) groups excluding carboxylic acids is 1. The molecule has 0 aliphatic carbocycles. The highest BCUT2D eigenvalue weighted by Gasteiger charge is 2.40. The van der Waals surface area contributed by atoms with Gasteiger partial charge in [-0.15, -0.1) is 0 Å². The van der Waals surface area contributed by atoms with E-state index in [9.17, 15) is 14.4 Å². The van der Waals surface area contributed by atoms with Gasteiger partial charge in [-0.05, 0) is 12.8 Å². The molecule has 1 heterocycles. The minimum atomic E-state index is -1.36. The van der Waals surface area contributed by atoms with Gasteiger partial charge < -0.3 is 15.0 Å². The Labute approximate surface area is 73.8 Å². The molecule has 2 atom stereocenters. The summed E-state index contributed by atoms with van der Waals surface area (Å²) in [5, 5.41) is 17.3. The Hall–Kier alpha value is -1.59. The molecule has 1 aliphatic rings. The van der Waals surface area contributed by atoms with Gasteiger partial charge in [0.2, 0.25) is 0 Å². The molecule has 0 bridgehead atoms. The summed E-state index contributed by atoms with van der Waals surface area (Å²) >= 11 is 0. The Morgan fingerprint density at radius 2 is 1.92 bits per heavy atom. The van der Waals surface area contributed by atoms with Gasteiger partial charge in [-0.25, -0.2) is 9.59 Å². The van der Waals surface area contributed by atoms with Crippen LogP contribution in [-0.2, 0) is 9.59 Å². The Bertz CT molecular complexity index is 251. The van der Waals surface area contributed by atoms with Gasteiger partial charge in [0, 0.05) is 0 Å². The van der Waals surface area contributed by atoms with Crippen LogP contribution in [0, 0.1) is 0 Å². The zero-order valence-electron chi connectivity index (χ0n) is 6.71. The highest BCUT2D eigenvalue weighted by atomic mass is 16.4. The third-order valence-corrected chi connectivity index (χ3v) is 2.09. The van der Waals surface area contributed by atoms with Gasteiger partial charge in [-0.1, -0.05) is 0 Å². The van der Waals surface area contributed by atoms with E-state index in [1.54, 1.807) is 0 Å². The zero-order chi connectivity index (χ0) is 10.0. The number of amides is 1. The molecule has 13 heavy (non-hydrogen) atoms. The minimum absolute atomic E-state index is 0.199. The predicted octanol–water partition coefficient (Wildman–Crippen LogP) is -0.219. The average Bonchev–Trinajstić information content (AvgIpc) is 2.46. The zero-order valence-corrected chi connectivity index (χ0v) is 6.71. The van der Waals surface area contributed by atoms with E-state index >= 15 is 0 Å². The first-order chi connectivity index (χ1) is 6.07. The number of likely N-dealkylation sites (tertiary alicyclic amines) is 1. The average molecular weight is 187 g/mol. The topological polar surface area (TPSA) is 94.9 Å². The SMILES string of the molecule is O=CC1CCC(C(=O)O)N1C(=O)O. The second-order valence-corrected chi connectivity index (χ2v) is 2.82. The van der Waals surface area contributed by atoms with Crippen LogP contribution >= 0.6 is 0 Å². The number of carboxylic acid groups (broad SMARTS) is 2. The van der Waals surface area contributed by atoms with Crippen molar-refractivity contribution in [2.45, 2.75) is 24.9 Å².